The zero-order valence-corrected chi connectivity index (χ0v) is 15.7. The number of urea groups is 1. The molecule has 0 radical (unpaired) electrons. The quantitative estimate of drug-likeness (QED) is 0.835. The van der Waals surface area contributed by atoms with E-state index in [1.807, 2.05) is 49.4 Å². The Morgan fingerprint density at radius 3 is 2.84 bits per heavy atom. The van der Waals surface area contributed by atoms with Crippen LogP contribution in [0.2, 0.25) is 0 Å². The summed E-state index contributed by atoms with van der Waals surface area (Å²) in [6.07, 6.45) is 0.679. The number of rotatable bonds is 3. The lowest BCUT2D eigenvalue weighted by molar-refractivity contribution is -0.0891. The minimum Gasteiger partial charge on any atom is -0.493 e. The Kier molecular flexibility index (Phi) is 3.87. The molecule has 2 amide bonds. The summed E-state index contributed by atoms with van der Waals surface area (Å²) in [6.45, 7) is 2.45. The van der Waals surface area contributed by atoms with Gasteiger partial charge in [0.15, 0.2) is 17.2 Å². The molecule has 2 unspecified atom stereocenters. The van der Waals surface area contributed by atoms with Crippen molar-refractivity contribution in [2.24, 2.45) is 0 Å². The van der Waals surface area contributed by atoms with Crippen molar-refractivity contribution < 1.29 is 14.3 Å². The molecule has 4 rings (SSSR count). The molecule has 1 saturated heterocycles. The third-order valence-corrected chi connectivity index (χ3v) is 5.30. The van der Waals surface area contributed by atoms with Crippen LogP contribution < -0.4 is 14.8 Å². The Bertz CT molecular complexity index is 827. The van der Waals surface area contributed by atoms with Gasteiger partial charge in [0.05, 0.1) is 19.7 Å². The fraction of sp³-hybridized carbons (Fsp3) is 0.316. The van der Waals surface area contributed by atoms with Gasteiger partial charge in [-0.2, -0.15) is 0 Å². The van der Waals surface area contributed by atoms with E-state index in [2.05, 4.69) is 21.2 Å². The minimum absolute atomic E-state index is 0.0975. The number of carbonyl (C=O) groups excluding carboxylic acids is 1. The van der Waals surface area contributed by atoms with Crippen LogP contribution in [0.1, 0.15) is 30.5 Å². The highest BCUT2D eigenvalue weighted by molar-refractivity contribution is 9.10. The topological polar surface area (TPSA) is 50.8 Å². The Balaban J connectivity index is 1.74. The van der Waals surface area contributed by atoms with Gasteiger partial charge in [0.1, 0.15) is 0 Å². The highest BCUT2D eigenvalue weighted by atomic mass is 79.9. The average molecular weight is 403 g/mol. The van der Waals surface area contributed by atoms with Crippen molar-refractivity contribution in [3.05, 3.63) is 58.1 Å². The molecule has 0 aromatic heterocycles. The van der Waals surface area contributed by atoms with E-state index in [0.29, 0.717) is 24.5 Å². The van der Waals surface area contributed by atoms with Gasteiger partial charge >= 0.3 is 6.03 Å². The predicted octanol–water partition coefficient (Wildman–Crippen LogP) is 4.22. The summed E-state index contributed by atoms with van der Waals surface area (Å²) in [5.74, 6) is 1.36. The molecule has 2 aromatic carbocycles. The number of nitrogens with one attached hydrogen (secondary N) is 1. The molecule has 0 aliphatic carbocycles. The van der Waals surface area contributed by atoms with Gasteiger partial charge in [-0.25, -0.2) is 4.79 Å². The van der Waals surface area contributed by atoms with Crippen LogP contribution in [0.5, 0.6) is 11.5 Å². The van der Waals surface area contributed by atoms with Crippen molar-refractivity contribution >= 4 is 22.0 Å². The van der Waals surface area contributed by atoms with Crippen molar-refractivity contribution in [3.63, 3.8) is 0 Å². The van der Waals surface area contributed by atoms with Crippen molar-refractivity contribution in [3.8, 4) is 11.5 Å². The summed E-state index contributed by atoms with van der Waals surface area (Å²) in [4.78, 5) is 14.5. The summed E-state index contributed by atoms with van der Waals surface area (Å²) in [5, 5.41) is 3.11. The monoisotopic (exact) mass is 402 g/mol. The van der Waals surface area contributed by atoms with Crippen molar-refractivity contribution in [2.75, 3.05) is 7.11 Å². The van der Waals surface area contributed by atoms with E-state index < -0.39 is 5.72 Å². The van der Waals surface area contributed by atoms with E-state index in [1.165, 1.54) is 0 Å². The number of hydrogen-bond donors (Lipinski definition) is 1. The van der Waals surface area contributed by atoms with E-state index in [4.69, 9.17) is 9.47 Å². The number of nitrogens with zero attached hydrogens (tertiary/aromatic N) is 1. The lowest BCUT2D eigenvalue weighted by Crippen LogP contribution is -2.64. The SMILES string of the molecule is COc1cc(Br)cc2c1OC1(C)CC2NC(=O)N1Cc1ccccc1. The van der Waals surface area contributed by atoms with Crippen LogP contribution in [0.15, 0.2) is 46.9 Å². The molecule has 2 heterocycles. The number of ether oxygens (including phenoxy) is 2. The Hall–Kier alpha value is -2.21. The van der Waals surface area contributed by atoms with Crippen LogP contribution in [0.3, 0.4) is 0 Å². The lowest BCUT2D eigenvalue weighted by Gasteiger charge is -2.51. The first-order chi connectivity index (χ1) is 12.0. The fourth-order valence-corrected chi connectivity index (χ4v) is 4.05. The van der Waals surface area contributed by atoms with Gasteiger partial charge < -0.3 is 14.8 Å². The molecule has 1 fully saturated rings. The first-order valence-electron chi connectivity index (χ1n) is 8.19. The lowest BCUT2D eigenvalue weighted by atomic mass is 9.90. The molecular weight excluding hydrogens is 384 g/mol. The molecule has 5 nitrogen and oxygen atoms in total. The summed E-state index contributed by atoms with van der Waals surface area (Å²) >= 11 is 3.50. The maximum atomic E-state index is 12.8. The number of methoxy groups -OCH3 is 1. The highest BCUT2D eigenvalue weighted by Gasteiger charge is 2.49. The maximum Gasteiger partial charge on any atom is 0.321 e. The molecule has 2 bridgehead atoms. The third kappa shape index (κ3) is 2.74. The van der Waals surface area contributed by atoms with E-state index in [9.17, 15) is 4.79 Å². The smallest absolute Gasteiger partial charge is 0.321 e. The first-order valence-corrected chi connectivity index (χ1v) is 8.98. The van der Waals surface area contributed by atoms with Gasteiger partial charge in [0.2, 0.25) is 0 Å². The molecule has 130 valence electrons. The van der Waals surface area contributed by atoms with Crippen molar-refractivity contribution in [1.29, 1.82) is 0 Å². The van der Waals surface area contributed by atoms with Gasteiger partial charge in [0.25, 0.3) is 0 Å². The Morgan fingerprint density at radius 2 is 2.12 bits per heavy atom. The average Bonchev–Trinajstić information content (AvgIpc) is 2.59. The molecule has 2 aromatic rings. The first kappa shape index (κ1) is 16.3. The second-order valence-electron chi connectivity index (χ2n) is 6.58. The molecule has 2 aliphatic rings. The molecule has 0 spiro atoms. The summed E-state index contributed by atoms with van der Waals surface area (Å²) in [5.41, 5.74) is 1.28. The van der Waals surface area contributed by atoms with E-state index in [1.54, 1.807) is 12.0 Å². The van der Waals surface area contributed by atoms with Crippen molar-refractivity contribution in [2.45, 2.75) is 31.7 Å². The van der Waals surface area contributed by atoms with Gasteiger partial charge in [-0.1, -0.05) is 46.3 Å². The van der Waals surface area contributed by atoms with E-state index in [-0.39, 0.29) is 12.1 Å². The van der Waals surface area contributed by atoms with E-state index in [0.717, 1.165) is 15.6 Å². The summed E-state index contributed by atoms with van der Waals surface area (Å²) < 4.78 is 12.7. The number of fused-ring (bicyclic) bond motifs is 4. The second-order valence-corrected chi connectivity index (χ2v) is 7.50. The molecule has 2 aliphatic heterocycles. The molecule has 1 N–H and O–H groups in total. The Morgan fingerprint density at radius 1 is 1.36 bits per heavy atom. The molecule has 6 heteroatoms. The standard InChI is InChI=1S/C19H19BrN2O3/c1-19-10-15(14-8-13(20)9-16(24-2)17(14)25-19)21-18(23)22(19)11-12-6-4-3-5-7-12/h3-9,15H,10-11H2,1-2H3,(H,21,23). The van der Waals surface area contributed by atoms with Gasteiger partial charge in [-0.05, 0) is 24.6 Å². The molecular formula is C19H19BrN2O3. The minimum atomic E-state index is -0.725. The number of amides is 2. The predicted molar refractivity (Wildman–Crippen MR) is 97.6 cm³/mol. The largest absolute Gasteiger partial charge is 0.493 e. The number of halogens is 1. The number of hydrogen-bond acceptors (Lipinski definition) is 3. The van der Waals surface area contributed by atoms with Crippen LogP contribution in [-0.4, -0.2) is 23.8 Å². The van der Waals surface area contributed by atoms with Crippen LogP contribution in [0, 0.1) is 0 Å². The van der Waals surface area contributed by atoms with Crippen molar-refractivity contribution in [1.82, 2.24) is 10.2 Å². The van der Waals surface area contributed by atoms with Gasteiger partial charge in [-0.3, -0.25) is 4.90 Å². The van der Waals surface area contributed by atoms with Gasteiger partial charge in [-0.15, -0.1) is 0 Å². The van der Waals surface area contributed by atoms with E-state index >= 15 is 0 Å². The summed E-state index contributed by atoms with van der Waals surface area (Å²) in [7, 11) is 1.62. The molecule has 2 atom stereocenters. The maximum absolute atomic E-state index is 12.8. The zero-order chi connectivity index (χ0) is 17.6. The summed E-state index contributed by atoms with van der Waals surface area (Å²) in [6, 6.07) is 13.6. The highest BCUT2D eigenvalue weighted by Crippen LogP contribution is 2.49. The fourth-order valence-electron chi connectivity index (χ4n) is 3.60. The van der Waals surface area contributed by atoms with Crippen LogP contribution in [0.25, 0.3) is 0 Å². The molecule has 25 heavy (non-hydrogen) atoms. The third-order valence-electron chi connectivity index (χ3n) is 4.85. The van der Waals surface area contributed by atoms with Crippen LogP contribution >= 0.6 is 15.9 Å². The van der Waals surface area contributed by atoms with Crippen LogP contribution in [0.4, 0.5) is 4.79 Å². The molecule has 0 saturated carbocycles. The second kappa shape index (κ2) is 5.95. The normalized spacial score (nSPS) is 24.2. The zero-order valence-electron chi connectivity index (χ0n) is 14.1. The van der Waals surface area contributed by atoms with Gasteiger partial charge in [0, 0.05) is 16.5 Å². The Labute approximate surface area is 155 Å². The number of benzene rings is 2. The number of carbonyl (C=O) groups is 1. The van der Waals surface area contributed by atoms with Crippen LogP contribution in [-0.2, 0) is 6.54 Å².